The van der Waals surface area contributed by atoms with E-state index in [1.165, 1.54) is 27.8 Å². The number of para-hydroxylation sites is 1. The zero-order valence-corrected chi connectivity index (χ0v) is 22.5. The average Bonchev–Trinajstić information content (AvgIpc) is 3.35. The normalized spacial score (nSPS) is 14.9. The summed E-state index contributed by atoms with van der Waals surface area (Å²) >= 11 is 1.43. The molecule has 0 N–H and O–H groups in total. The number of hydrogen-bond acceptors (Lipinski definition) is 8. The lowest BCUT2D eigenvalue weighted by molar-refractivity contribution is 0.0730. The van der Waals surface area contributed by atoms with E-state index in [2.05, 4.69) is 18.7 Å². The van der Waals surface area contributed by atoms with Crippen molar-refractivity contribution in [1.82, 2.24) is 14.2 Å². The van der Waals surface area contributed by atoms with Gasteiger partial charge in [-0.05, 0) is 49.5 Å². The molecule has 2 heterocycles. The van der Waals surface area contributed by atoms with Crippen LogP contribution in [0.25, 0.3) is 10.2 Å². The highest BCUT2D eigenvalue weighted by atomic mass is 32.2. The first-order chi connectivity index (χ1) is 17.4. The highest BCUT2D eigenvalue weighted by Gasteiger charge is 2.27. The van der Waals surface area contributed by atoms with Crippen LogP contribution in [0.15, 0.2) is 47.4 Å². The number of carbonyl (C=O) groups excluding carboxylic acids is 1. The zero-order chi connectivity index (χ0) is 25.7. The van der Waals surface area contributed by atoms with Gasteiger partial charge in [0.2, 0.25) is 10.0 Å². The standard InChI is InChI=1S/C25H32N4O5S2/c1-4-27(5-2)13-14-29(25-26-23-21(33-3)7-6-8-22(23)35-25)24(30)19-9-11-20(12-10-19)36(31,32)28-15-17-34-18-16-28/h6-12H,4-5,13-18H2,1-3H3. The van der Waals surface area contributed by atoms with Crippen molar-refractivity contribution in [3.05, 3.63) is 48.0 Å². The van der Waals surface area contributed by atoms with Gasteiger partial charge in [-0.1, -0.05) is 31.3 Å². The quantitative estimate of drug-likeness (QED) is 0.396. The predicted octanol–water partition coefficient (Wildman–Crippen LogP) is 3.31. The molecule has 4 rings (SSSR count). The first-order valence-corrected chi connectivity index (χ1v) is 14.3. The van der Waals surface area contributed by atoms with Gasteiger partial charge in [0.1, 0.15) is 11.3 Å². The molecule has 1 amide bonds. The molecule has 1 aromatic heterocycles. The van der Waals surface area contributed by atoms with E-state index in [1.807, 2.05) is 18.2 Å². The second-order valence-electron chi connectivity index (χ2n) is 8.33. The van der Waals surface area contributed by atoms with Crippen molar-refractivity contribution in [2.24, 2.45) is 0 Å². The van der Waals surface area contributed by atoms with E-state index >= 15 is 0 Å². The summed E-state index contributed by atoms with van der Waals surface area (Å²) in [5.41, 5.74) is 1.12. The Labute approximate surface area is 216 Å². The second-order valence-corrected chi connectivity index (χ2v) is 11.3. The lowest BCUT2D eigenvalue weighted by Crippen LogP contribution is -2.40. The van der Waals surface area contributed by atoms with Gasteiger partial charge in [-0.2, -0.15) is 4.31 Å². The Morgan fingerprint density at radius 3 is 2.42 bits per heavy atom. The zero-order valence-electron chi connectivity index (χ0n) is 20.8. The third kappa shape index (κ3) is 5.55. The Morgan fingerprint density at radius 2 is 1.78 bits per heavy atom. The molecule has 2 aromatic carbocycles. The third-order valence-electron chi connectivity index (χ3n) is 6.31. The molecule has 0 aliphatic carbocycles. The first kappa shape index (κ1) is 26.5. The highest BCUT2D eigenvalue weighted by Crippen LogP contribution is 2.34. The van der Waals surface area contributed by atoms with Gasteiger partial charge < -0.3 is 14.4 Å². The van der Waals surface area contributed by atoms with Gasteiger partial charge in [-0.25, -0.2) is 13.4 Å². The SMILES string of the molecule is CCN(CC)CCN(C(=O)c1ccc(S(=O)(=O)N2CCOCC2)cc1)c1nc2c(OC)cccc2s1. The van der Waals surface area contributed by atoms with Crippen LogP contribution < -0.4 is 9.64 Å². The van der Waals surface area contributed by atoms with Gasteiger partial charge in [0.05, 0.1) is 29.9 Å². The van der Waals surface area contributed by atoms with Crippen LogP contribution in [0, 0.1) is 0 Å². The molecular formula is C25H32N4O5S2. The summed E-state index contributed by atoms with van der Waals surface area (Å²) in [6, 6.07) is 11.9. The fraction of sp³-hybridized carbons (Fsp3) is 0.440. The molecule has 1 saturated heterocycles. The number of benzene rings is 2. The molecule has 0 bridgehead atoms. The van der Waals surface area contributed by atoms with Crippen molar-refractivity contribution in [3.8, 4) is 5.75 Å². The molecule has 9 nitrogen and oxygen atoms in total. The van der Waals surface area contributed by atoms with Crippen LogP contribution in [0.1, 0.15) is 24.2 Å². The van der Waals surface area contributed by atoms with Gasteiger partial charge in [-0.15, -0.1) is 0 Å². The van der Waals surface area contributed by atoms with Crippen LogP contribution in [0.5, 0.6) is 5.75 Å². The number of nitrogens with zero attached hydrogens (tertiary/aromatic N) is 4. The summed E-state index contributed by atoms with van der Waals surface area (Å²) in [7, 11) is -2.03. The molecule has 1 aliphatic heterocycles. The van der Waals surface area contributed by atoms with Crippen LogP contribution >= 0.6 is 11.3 Å². The van der Waals surface area contributed by atoms with E-state index in [0.717, 1.165) is 17.8 Å². The topological polar surface area (TPSA) is 92.3 Å². The minimum atomic E-state index is -3.63. The Hall–Kier alpha value is -2.57. The highest BCUT2D eigenvalue weighted by molar-refractivity contribution is 7.89. The number of methoxy groups -OCH3 is 1. The molecule has 0 spiro atoms. The molecule has 0 atom stereocenters. The van der Waals surface area contributed by atoms with Crippen LogP contribution in [0.4, 0.5) is 5.13 Å². The Balaban J connectivity index is 1.63. The molecule has 36 heavy (non-hydrogen) atoms. The number of anilines is 1. The maximum atomic E-state index is 13.7. The van der Waals surface area contributed by atoms with Crippen molar-refractivity contribution in [2.45, 2.75) is 18.7 Å². The minimum absolute atomic E-state index is 0.167. The van der Waals surface area contributed by atoms with Crippen molar-refractivity contribution in [2.75, 3.05) is 64.5 Å². The number of ether oxygens (including phenoxy) is 2. The second kappa shape index (κ2) is 11.7. The number of likely N-dealkylation sites (N-methyl/N-ethyl adjacent to an activating group) is 1. The van der Waals surface area contributed by atoms with E-state index in [-0.39, 0.29) is 10.8 Å². The van der Waals surface area contributed by atoms with E-state index < -0.39 is 10.0 Å². The number of sulfonamides is 1. The van der Waals surface area contributed by atoms with Gasteiger partial charge in [-0.3, -0.25) is 9.69 Å². The summed E-state index contributed by atoms with van der Waals surface area (Å²) < 4.78 is 39.0. The van der Waals surface area contributed by atoms with E-state index in [9.17, 15) is 13.2 Å². The van der Waals surface area contributed by atoms with Crippen molar-refractivity contribution < 1.29 is 22.7 Å². The number of carbonyl (C=O) groups is 1. The first-order valence-electron chi connectivity index (χ1n) is 12.0. The number of fused-ring (bicyclic) bond motifs is 1. The summed E-state index contributed by atoms with van der Waals surface area (Å²) in [6.07, 6.45) is 0. The Morgan fingerprint density at radius 1 is 1.08 bits per heavy atom. The molecule has 11 heteroatoms. The van der Waals surface area contributed by atoms with Crippen LogP contribution in [-0.4, -0.2) is 88.1 Å². The number of thiazole rings is 1. The summed E-state index contributed by atoms with van der Waals surface area (Å²) in [5.74, 6) is 0.430. The van der Waals surface area contributed by atoms with Gasteiger partial charge in [0, 0.05) is 31.7 Å². The molecular weight excluding hydrogens is 500 g/mol. The number of rotatable bonds is 10. The monoisotopic (exact) mass is 532 g/mol. The Bertz CT molecular complexity index is 1280. The minimum Gasteiger partial charge on any atom is -0.494 e. The van der Waals surface area contributed by atoms with E-state index in [4.69, 9.17) is 14.5 Å². The van der Waals surface area contributed by atoms with Gasteiger partial charge in [0.15, 0.2) is 5.13 Å². The van der Waals surface area contributed by atoms with Crippen LogP contribution in [0.3, 0.4) is 0 Å². The largest absolute Gasteiger partial charge is 0.494 e. The number of aromatic nitrogens is 1. The lowest BCUT2D eigenvalue weighted by Gasteiger charge is -2.26. The molecule has 0 saturated carbocycles. The lowest BCUT2D eigenvalue weighted by atomic mass is 10.2. The van der Waals surface area contributed by atoms with E-state index in [1.54, 1.807) is 24.1 Å². The van der Waals surface area contributed by atoms with Crippen LogP contribution in [-0.2, 0) is 14.8 Å². The molecule has 1 aliphatic rings. The number of amides is 1. The van der Waals surface area contributed by atoms with Gasteiger partial charge in [0.25, 0.3) is 5.91 Å². The molecule has 0 radical (unpaired) electrons. The van der Waals surface area contributed by atoms with E-state index in [0.29, 0.717) is 61.4 Å². The molecule has 1 fully saturated rings. The van der Waals surface area contributed by atoms with Crippen LogP contribution in [0.2, 0.25) is 0 Å². The predicted molar refractivity (Wildman–Crippen MR) is 142 cm³/mol. The summed E-state index contributed by atoms with van der Waals surface area (Å²) in [6.45, 7) is 8.48. The Kier molecular flexibility index (Phi) is 8.58. The average molecular weight is 533 g/mol. The van der Waals surface area contributed by atoms with Crippen molar-refractivity contribution in [3.63, 3.8) is 0 Å². The smallest absolute Gasteiger partial charge is 0.260 e. The number of hydrogen-bond donors (Lipinski definition) is 0. The molecule has 0 unspecified atom stereocenters. The third-order valence-corrected chi connectivity index (χ3v) is 9.27. The maximum Gasteiger partial charge on any atom is 0.260 e. The fourth-order valence-electron chi connectivity index (χ4n) is 4.12. The maximum absolute atomic E-state index is 13.7. The fourth-order valence-corrected chi connectivity index (χ4v) is 6.53. The molecule has 194 valence electrons. The van der Waals surface area contributed by atoms with Crippen molar-refractivity contribution >= 4 is 42.6 Å². The van der Waals surface area contributed by atoms with Gasteiger partial charge >= 0.3 is 0 Å². The summed E-state index contributed by atoms with van der Waals surface area (Å²) in [4.78, 5) is 22.5. The summed E-state index contributed by atoms with van der Waals surface area (Å²) in [5, 5.41) is 0.580. The van der Waals surface area contributed by atoms with Crippen molar-refractivity contribution in [1.29, 1.82) is 0 Å². The molecule has 3 aromatic rings. The number of morpholine rings is 1.